The number of benzene rings is 3. The number of esters is 1. The van der Waals surface area contributed by atoms with Crippen molar-refractivity contribution in [2.75, 3.05) is 0 Å². The Morgan fingerprint density at radius 1 is 0.882 bits per heavy atom. The van der Waals surface area contributed by atoms with Gasteiger partial charge in [-0.05, 0) is 49.2 Å². The SMILES string of the molecule is CC(Cc1ccccc1)OC(=O)[C@H](CCC(N)=O)NC(=O)c1cccc(Oc2ccccc2)c1. The Morgan fingerprint density at radius 2 is 1.53 bits per heavy atom. The predicted molar refractivity (Wildman–Crippen MR) is 128 cm³/mol. The molecule has 0 radical (unpaired) electrons. The molecule has 0 heterocycles. The topological polar surface area (TPSA) is 108 Å². The number of nitrogens with one attached hydrogen (secondary N) is 1. The van der Waals surface area contributed by atoms with Crippen molar-refractivity contribution in [1.29, 1.82) is 0 Å². The summed E-state index contributed by atoms with van der Waals surface area (Å²) in [6.45, 7) is 1.78. The van der Waals surface area contributed by atoms with Gasteiger partial charge >= 0.3 is 5.97 Å². The van der Waals surface area contributed by atoms with Crippen LogP contribution in [-0.4, -0.2) is 29.9 Å². The van der Waals surface area contributed by atoms with Crippen LogP contribution in [0.4, 0.5) is 0 Å². The highest BCUT2D eigenvalue weighted by Crippen LogP contribution is 2.22. The molecule has 3 aromatic rings. The number of hydrogen-bond donors (Lipinski definition) is 2. The molecule has 0 aliphatic heterocycles. The molecule has 7 nitrogen and oxygen atoms in total. The monoisotopic (exact) mass is 460 g/mol. The first kappa shape index (κ1) is 24.5. The van der Waals surface area contributed by atoms with Crippen LogP contribution in [0.2, 0.25) is 0 Å². The number of nitrogens with two attached hydrogens (primary N) is 1. The molecule has 0 aliphatic carbocycles. The summed E-state index contributed by atoms with van der Waals surface area (Å²) in [5.74, 6) is -0.556. The standard InChI is InChI=1S/C27H28N2O5/c1-19(17-20-9-4-2-5-10-20)33-27(32)24(15-16-25(28)30)29-26(31)21-11-8-14-23(18-21)34-22-12-6-3-7-13-22/h2-14,18-19,24H,15-17H2,1H3,(H2,28,30)(H,29,31)/t19?,24-/m0/s1. The molecule has 176 valence electrons. The van der Waals surface area contributed by atoms with Crippen molar-refractivity contribution >= 4 is 17.8 Å². The molecule has 0 aliphatic rings. The fourth-order valence-electron chi connectivity index (χ4n) is 3.37. The molecule has 3 aromatic carbocycles. The summed E-state index contributed by atoms with van der Waals surface area (Å²) in [6, 6.07) is 24.4. The van der Waals surface area contributed by atoms with Gasteiger partial charge in [-0.25, -0.2) is 4.79 Å². The number of carbonyl (C=O) groups excluding carboxylic acids is 3. The van der Waals surface area contributed by atoms with Gasteiger partial charge in [0.25, 0.3) is 5.91 Å². The third kappa shape index (κ3) is 7.78. The van der Waals surface area contributed by atoms with E-state index in [9.17, 15) is 14.4 Å². The largest absolute Gasteiger partial charge is 0.461 e. The van der Waals surface area contributed by atoms with Crippen LogP contribution >= 0.6 is 0 Å². The third-order valence-electron chi connectivity index (χ3n) is 5.03. The zero-order chi connectivity index (χ0) is 24.3. The van der Waals surface area contributed by atoms with Crippen molar-refractivity contribution in [2.45, 2.75) is 38.3 Å². The second-order valence-corrected chi connectivity index (χ2v) is 7.91. The van der Waals surface area contributed by atoms with E-state index in [1.54, 1.807) is 43.3 Å². The molecule has 3 rings (SSSR count). The minimum absolute atomic E-state index is 0.0399. The zero-order valence-electron chi connectivity index (χ0n) is 19.0. The quantitative estimate of drug-likeness (QED) is 0.420. The van der Waals surface area contributed by atoms with Gasteiger partial charge in [-0.1, -0.05) is 54.6 Å². The number of para-hydroxylation sites is 1. The fraction of sp³-hybridized carbons (Fsp3) is 0.222. The molecule has 3 N–H and O–H groups in total. The first-order valence-corrected chi connectivity index (χ1v) is 11.1. The molecule has 34 heavy (non-hydrogen) atoms. The van der Waals surface area contributed by atoms with Crippen molar-refractivity contribution in [2.24, 2.45) is 5.73 Å². The number of primary amides is 1. The van der Waals surface area contributed by atoms with Crippen molar-refractivity contribution in [1.82, 2.24) is 5.32 Å². The van der Waals surface area contributed by atoms with E-state index in [1.807, 2.05) is 48.5 Å². The van der Waals surface area contributed by atoms with E-state index < -0.39 is 29.9 Å². The van der Waals surface area contributed by atoms with Crippen LogP contribution in [0.15, 0.2) is 84.9 Å². The zero-order valence-corrected chi connectivity index (χ0v) is 19.0. The van der Waals surface area contributed by atoms with E-state index in [1.165, 1.54) is 0 Å². The van der Waals surface area contributed by atoms with Gasteiger partial charge in [0.2, 0.25) is 5.91 Å². The highest BCUT2D eigenvalue weighted by Gasteiger charge is 2.25. The molecule has 2 amide bonds. The summed E-state index contributed by atoms with van der Waals surface area (Å²) in [5, 5.41) is 2.67. The molecule has 1 unspecified atom stereocenters. The van der Waals surface area contributed by atoms with Crippen LogP contribution in [0.5, 0.6) is 11.5 Å². The second kappa shape index (κ2) is 12.2. The first-order valence-electron chi connectivity index (χ1n) is 11.1. The van der Waals surface area contributed by atoms with Crippen molar-refractivity contribution in [3.05, 3.63) is 96.1 Å². The highest BCUT2D eigenvalue weighted by molar-refractivity contribution is 5.97. The lowest BCUT2D eigenvalue weighted by molar-refractivity contribution is -0.150. The van der Waals surface area contributed by atoms with Gasteiger partial charge in [-0.2, -0.15) is 0 Å². The van der Waals surface area contributed by atoms with Crippen molar-refractivity contribution < 1.29 is 23.9 Å². The van der Waals surface area contributed by atoms with Gasteiger partial charge in [-0.3, -0.25) is 9.59 Å². The molecule has 0 fully saturated rings. The average Bonchev–Trinajstić information content (AvgIpc) is 2.82. The number of rotatable bonds is 11. The summed E-state index contributed by atoms with van der Waals surface area (Å²) in [4.78, 5) is 37.0. The summed E-state index contributed by atoms with van der Waals surface area (Å²) >= 11 is 0. The van der Waals surface area contributed by atoms with Gasteiger partial charge in [0.15, 0.2) is 0 Å². The number of hydrogen-bond acceptors (Lipinski definition) is 5. The summed E-state index contributed by atoms with van der Waals surface area (Å²) in [7, 11) is 0. The number of ether oxygens (including phenoxy) is 2. The molecular weight excluding hydrogens is 432 g/mol. The maximum Gasteiger partial charge on any atom is 0.328 e. The Kier molecular flexibility index (Phi) is 8.80. The molecule has 0 saturated carbocycles. The molecule has 0 saturated heterocycles. The lowest BCUT2D eigenvalue weighted by Gasteiger charge is -2.20. The van der Waals surface area contributed by atoms with Crippen LogP contribution in [-0.2, 0) is 20.7 Å². The summed E-state index contributed by atoms with van der Waals surface area (Å²) in [6.07, 6.45) is 0.0927. The van der Waals surface area contributed by atoms with Crippen LogP contribution in [0.25, 0.3) is 0 Å². The van der Waals surface area contributed by atoms with E-state index >= 15 is 0 Å². The number of amides is 2. The van der Waals surface area contributed by atoms with E-state index in [2.05, 4.69) is 5.32 Å². The minimum Gasteiger partial charge on any atom is -0.461 e. The Labute approximate surface area is 198 Å². The smallest absolute Gasteiger partial charge is 0.328 e. The van der Waals surface area contributed by atoms with Crippen LogP contribution in [0.1, 0.15) is 35.7 Å². The van der Waals surface area contributed by atoms with Crippen LogP contribution < -0.4 is 15.8 Å². The van der Waals surface area contributed by atoms with Crippen molar-refractivity contribution in [3.8, 4) is 11.5 Å². The van der Waals surface area contributed by atoms with E-state index in [4.69, 9.17) is 15.2 Å². The predicted octanol–water partition coefficient (Wildman–Crippen LogP) is 4.02. The molecule has 0 bridgehead atoms. The minimum atomic E-state index is -1.02. The van der Waals surface area contributed by atoms with Crippen LogP contribution in [0.3, 0.4) is 0 Å². The molecule has 2 atom stereocenters. The molecular formula is C27H28N2O5. The van der Waals surface area contributed by atoms with Crippen molar-refractivity contribution in [3.63, 3.8) is 0 Å². The fourth-order valence-corrected chi connectivity index (χ4v) is 3.37. The lowest BCUT2D eigenvalue weighted by atomic mass is 10.1. The maximum atomic E-state index is 12.9. The lowest BCUT2D eigenvalue weighted by Crippen LogP contribution is -2.43. The van der Waals surface area contributed by atoms with Gasteiger partial charge in [0.05, 0.1) is 0 Å². The maximum absolute atomic E-state index is 12.9. The van der Waals surface area contributed by atoms with E-state index in [-0.39, 0.29) is 12.8 Å². The molecule has 7 heteroatoms. The highest BCUT2D eigenvalue weighted by atomic mass is 16.5. The van der Waals surface area contributed by atoms with Gasteiger partial charge < -0.3 is 20.5 Å². The average molecular weight is 461 g/mol. The molecule has 0 aromatic heterocycles. The summed E-state index contributed by atoms with van der Waals surface area (Å²) in [5.41, 5.74) is 6.59. The van der Waals surface area contributed by atoms with E-state index in [0.717, 1.165) is 5.56 Å². The van der Waals surface area contributed by atoms with Gasteiger partial charge in [0.1, 0.15) is 23.6 Å². The third-order valence-corrected chi connectivity index (χ3v) is 5.03. The Balaban J connectivity index is 1.66. The Morgan fingerprint density at radius 3 is 2.21 bits per heavy atom. The first-order chi connectivity index (χ1) is 16.4. The normalized spacial score (nSPS) is 12.3. The van der Waals surface area contributed by atoms with E-state index in [0.29, 0.717) is 23.5 Å². The molecule has 0 spiro atoms. The second-order valence-electron chi connectivity index (χ2n) is 7.91. The van der Waals surface area contributed by atoms with Crippen LogP contribution in [0, 0.1) is 0 Å². The van der Waals surface area contributed by atoms with Gasteiger partial charge in [0, 0.05) is 18.4 Å². The van der Waals surface area contributed by atoms with Gasteiger partial charge in [-0.15, -0.1) is 0 Å². The Bertz CT molecular complexity index is 1100. The summed E-state index contributed by atoms with van der Waals surface area (Å²) < 4.78 is 11.3. The Hall–Kier alpha value is -4.13. The number of carbonyl (C=O) groups is 3.